The van der Waals surface area contributed by atoms with Gasteiger partial charge in [0.15, 0.2) is 6.10 Å². The van der Waals surface area contributed by atoms with E-state index in [1.807, 2.05) is 0 Å². The van der Waals surface area contributed by atoms with Crippen molar-refractivity contribution in [1.82, 2.24) is 9.96 Å². The molecule has 2 fully saturated rings. The molecular formula is C13H22N4O4. The van der Waals surface area contributed by atoms with E-state index in [2.05, 4.69) is 0 Å². The van der Waals surface area contributed by atoms with E-state index >= 15 is 0 Å². The summed E-state index contributed by atoms with van der Waals surface area (Å²) in [4.78, 5) is 42.8. The molecule has 2 rings (SSSR count). The molecule has 1 spiro atoms. The molecule has 0 saturated carbocycles. The third kappa shape index (κ3) is 2.60. The van der Waals surface area contributed by atoms with Crippen molar-refractivity contribution in [2.24, 2.45) is 11.5 Å². The molecule has 2 heterocycles. The Morgan fingerprint density at radius 2 is 2.10 bits per heavy atom. The second-order valence-electron chi connectivity index (χ2n) is 5.45. The first kappa shape index (κ1) is 15.7. The van der Waals surface area contributed by atoms with Crippen LogP contribution in [0, 0.1) is 0 Å². The van der Waals surface area contributed by atoms with Crippen molar-refractivity contribution in [3.8, 4) is 0 Å². The molecule has 0 aromatic rings. The molecule has 2 aliphatic rings. The number of carbonyl (C=O) groups excluding carboxylic acids is 3. The number of hydroxylamine groups is 2. The highest BCUT2D eigenvalue weighted by atomic mass is 16.7. The van der Waals surface area contributed by atoms with Gasteiger partial charge in [-0.2, -0.15) is 0 Å². The number of amides is 3. The highest BCUT2D eigenvalue weighted by Gasteiger charge is 2.55. The normalized spacial score (nSPS) is 26.7. The molecule has 4 N–H and O–H groups in total. The van der Waals surface area contributed by atoms with Crippen molar-refractivity contribution in [1.29, 1.82) is 0 Å². The van der Waals surface area contributed by atoms with Crippen LogP contribution >= 0.6 is 0 Å². The van der Waals surface area contributed by atoms with Gasteiger partial charge >= 0.3 is 0 Å². The standard InChI is InChI=1S/C13H22N4O4/c1-2-9(11(15)19)21-17-7-5-13(12(17)20)4-3-6-16(13)10(18)8-14/h9H,2-8,14H2,1H3,(H2,15,19). The Morgan fingerprint density at radius 3 is 2.67 bits per heavy atom. The van der Waals surface area contributed by atoms with Gasteiger partial charge in [0, 0.05) is 6.54 Å². The minimum Gasteiger partial charge on any atom is -0.367 e. The summed E-state index contributed by atoms with van der Waals surface area (Å²) in [5.74, 6) is -1.11. The van der Waals surface area contributed by atoms with Crippen LogP contribution in [0.15, 0.2) is 0 Å². The van der Waals surface area contributed by atoms with Crippen LogP contribution in [0.2, 0.25) is 0 Å². The molecule has 0 radical (unpaired) electrons. The van der Waals surface area contributed by atoms with Gasteiger partial charge in [0.2, 0.25) is 11.8 Å². The minimum atomic E-state index is -0.855. The fourth-order valence-corrected chi connectivity index (χ4v) is 3.14. The average Bonchev–Trinajstić information content (AvgIpc) is 3.02. The van der Waals surface area contributed by atoms with Crippen molar-refractivity contribution in [3.63, 3.8) is 0 Å². The molecule has 2 unspecified atom stereocenters. The van der Waals surface area contributed by atoms with Crippen molar-refractivity contribution < 1.29 is 19.2 Å². The van der Waals surface area contributed by atoms with Crippen LogP contribution in [0.1, 0.15) is 32.6 Å². The van der Waals surface area contributed by atoms with Crippen LogP contribution in [0.3, 0.4) is 0 Å². The van der Waals surface area contributed by atoms with Gasteiger partial charge in [0.1, 0.15) is 5.54 Å². The van der Waals surface area contributed by atoms with E-state index in [1.165, 1.54) is 5.06 Å². The number of hydrogen-bond acceptors (Lipinski definition) is 5. The Kier molecular flexibility index (Phi) is 4.48. The second kappa shape index (κ2) is 5.98. The van der Waals surface area contributed by atoms with Crippen LogP contribution in [-0.4, -0.2) is 59.0 Å². The van der Waals surface area contributed by atoms with E-state index in [1.54, 1.807) is 11.8 Å². The first-order valence-corrected chi connectivity index (χ1v) is 7.25. The van der Waals surface area contributed by atoms with Crippen molar-refractivity contribution in [3.05, 3.63) is 0 Å². The van der Waals surface area contributed by atoms with Crippen LogP contribution in [0.4, 0.5) is 0 Å². The zero-order chi connectivity index (χ0) is 15.6. The Bertz CT molecular complexity index is 455. The van der Waals surface area contributed by atoms with Gasteiger partial charge in [-0.3, -0.25) is 19.2 Å². The molecule has 0 aliphatic carbocycles. The number of hydrogen-bond donors (Lipinski definition) is 2. The van der Waals surface area contributed by atoms with Gasteiger partial charge in [-0.25, -0.2) is 5.06 Å². The lowest BCUT2D eigenvalue weighted by molar-refractivity contribution is -0.202. The summed E-state index contributed by atoms with van der Waals surface area (Å²) in [5.41, 5.74) is 9.79. The molecule has 0 aromatic carbocycles. The highest BCUT2D eigenvalue weighted by molar-refractivity contribution is 5.93. The molecule has 2 atom stereocenters. The quantitative estimate of drug-likeness (QED) is 0.656. The third-order valence-corrected chi connectivity index (χ3v) is 4.26. The predicted molar refractivity (Wildman–Crippen MR) is 73.4 cm³/mol. The molecule has 0 aromatic heterocycles. The summed E-state index contributed by atoms with van der Waals surface area (Å²) in [5, 5.41) is 1.18. The van der Waals surface area contributed by atoms with E-state index in [9.17, 15) is 14.4 Å². The number of likely N-dealkylation sites (tertiary alicyclic amines) is 1. The molecule has 0 bridgehead atoms. The number of nitrogens with zero attached hydrogens (tertiary/aromatic N) is 2. The third-order valence-electron chi connectivity index (χ3n) is 4.26. The lowest BCUT2D eigenvalue weighted by Crippen LogP contribution is -2.54. The first-order valence-electron chi connectivity index (χ1n) is 7.25. The molecule has 3 amide bonds. The topological polar surface area (TPSA) is 119 Å². The minimum absolute atomic E-state index is 0.116. The fraction of sp³-hybridized carbons (Fsp3) is 0.769. The maximum atomic E-state index is 12.6. The number of carbonyl (C=O) groups is 3. The molecule has 8 heteroatoms. The van der Waals surface area contributed by atoms with E-state index in [-0.39, 0.29) is 18.4 Å². The molecular weight excluding hydrogens is 276 g/mol. The summed E-state index contributed by atoms with van der Waals surface area (Å²) in [6.07, 6.45) is 1.41. The Labute approximate surface area is 123 Å². The van der Waals surface area contributed by atoms with Gasteiger partial charge < -0.3 is 16.4 Å². The van der Waals surface area contributed by atoms with Gasteiger partial charge in [-0.15, -0.1) is 0 Å². The molecule has 2 saturated heterocycles. The smallest absolute Gasteiger partial charge is 0.272 e. The first-order chi connectivity index (χ1) is 9.96. The lowest BCUT2D eigenvalue weighted by atomic mass is 9.94. The summed E-state index contributed by atoms with van der Waals surface area (Å²) in [7, 11) is 0. The molecule has 8 nitrogen and oxygen atoms in total. The van der Waals surface area contributed by atoms with Gasteiger partial charge in [0.05, 0.1) is 13.1 Å². The largest absolute Gasteiger partial charge is 0.367 e. The summed E-state index contributed by atoms with van der Waals surface area (Å²) < 4.78 is 0. The SMILES string of the molecule is CCC(ON1CCC2(CCCN2C(=O)CN)C1=O)C(N)=O. The maximum absolute atomic E-state index is 12.6. The Hall–Kier alpha value is -1.67. The van der Waals surface area contributed by atoms with Crippen molar-refractivity contribution >= 4 is 17.7 Å². The number of rotatable bonds is 5. The van der Waals surface area contributed by atoms with Gasteiger partial charge in [-0.05, 0) is 25.7 Å². The summed E-state index contributed by atoms with van der Waals surface area (Å²) in [6, 6.07) is 0. The lowest BCUT2D eigenvalue weighted by Gasteiger charge is -2.33. The zero-order valence-corrected chi connectivity index (χ0v) is 12.2. The molecule has 21 heavy (non-hydrogen) atoms. The number of nitrogens with two attached hydrogens (primary N) is 2. The predicted octanol–water partition coefficient (Wildman–Crippen LogP) is -1.27. The number of primary amides is 1. The fourth-order valence-electron chi connectivity index (χ4n) is 3.14. The Balaban J connectivity index is 2.13. The Morgan fingerprint density at radius 1 is 1.38 bits per heavy atom. The molecule has 118 valence electrons. The van der Waals surface area contributed by atoms with E-state index in [4.69, 9.17) is 16.3 Å². The van der Waals surface area contributed by atoms with E-state index < -0.39 is 17.6 Å². The van der Waals surface area contributed by atoms with Crippen molar-refractivity contribution in [2.45, 2.75) is 44.2 Å². The molecule has 2 aliphatic heterocycles. The van der Waals surface area contributed by atoms with E-state index in [0.717, 1.165) is 6.42 Å². The monoisotopic (exact) mass is 298 g/mol. The average molecular weight is 298 g/mol. The van der Waals surface area contributed by atoms with E-state index in [0.29, 0.717) is 32.4 Å². The van der Waals surface area contributed by atoms with Crippen LogP contribution < -0.4 is 11.5 Å². The van der Waals surface area contributed by atoms with Crippen molar-refractivity contribution in [2.75, 3.05) is 19.6 Å². The van der Waals surface area contributed by atoms with Crippen LogP contribution in [0.5, 0.6) is 0 Å². The van der Waals surface area contributed by atoms with Crippen LogP contribution in [-0.2, 0) is 19.2 Å². The zero-order valence-electron chi connectivity index (χ0n) is 12.2. The van der Waals surface area contributed by atoms with Gasteiger partial charge in [-0.1, -0.05) is 6.92 Å². The highest BCUT2D eigenvalue weighted by Crippen LogP contribution is 2.39. The maximum Gasteiger partial charge on any atom is 0.272 e. The van der Waals surface area contributed by atoms with Gasteiger partial charge in [0.25, 0.3) is 5.91 Å². The van der Waals surface area contributed by atoms with Crippen LogP contribution in [0.25, 0.3) is 0 Å². The summed E-state index contributed by atoms with van der Waals surface area (Å²) in [6.45, 7) is 2.51. The second-order valence-corrected chi connectivity index (χ2v) is 5.45. The summed E-state index contributed by atoms with van der Waals surface area (Å²) >= 11 is 0.